The first kappa shape index (κ1) is 22.9. The van der Waals surface area contributed by atoms with Crippen LogP contribution >= 0.6 is 11.3 Å². The number of rotatable bonds is 5. The van der Waals surface area contributed by atoms with Gasteiger partial charge in [0.1, 0.15) is 23.5 Å². The zero-order chi connectivity index (χ0) is 24.4. The number of hydrogen-bond acceptors (Lipinski definition) is 6. The van der Waals surface area contributed by atoms with Crippen molar-refractivity contribution in [2.24, 2.45) is 0 Å². The van der Waals surface area contributed by atoms with Crippen molar-refractivity contribution >= 4 is 17.2 Å². The Morgan fingerprint density at radius 2 is 2.00 bits per heavy atom. The number of carbonyl (C=O) groups excluding carboxylic acids is 1. The predicted molar refractivity (Wildman–Crippen MR) is 131 cm³/mol. The molecule has 0 bridgehead atoms. The third-order valence-electron chi connectivity index (χ3n) is 6.22. The van der Waals surface area contributed by atoms with Crippen LogP contribution in [0.2, 0.25) is 0 Å². The van der Waals surface area contributed by atoms with Gasteiger partial charge in [-0.3, -0.25) is 4.79 Å². The number of nitriles is 1. The highest BCUT2D eigenvalue weighted by atomic mass is 32.1. The summed E-state index contributed by atoms with van der Waals surface area (Å²) in [7, 11) is 0. The molecular formula is C27H23FN4O2S. The molecule has 8 heteroatoms. The van der Waals surface area contributed by atoms with Crippen LogP contribution in [0.1, 0.15) is 46.2 Å². The minimum Gasteiger partial charge on any atom is -0.448 e. The first-order valence-electron chi connectivity index (χ1n) is 11.5. The van der Waals surface area contributed by atoms with Crippen molar-refractivity contribution in [3.05, 3.63) is 82.8 Å². The van der Waals surface area contributed by atoms with E-state index < -0.39 is 0 Å². The molecule has 2 aromatic heterocycles. The minimum absolute atomic E-state index is 0.0722. The Labute approximate surface area is 206 Å². The van der Waals surface area contributed by atoms with Crippen LogP contribution in [0.15, 0.2) is 59.2 Å². The highest BCUT2D eigenvalue weighted by Gasteiger charge is 2.32. The molecule has 1 saturated heterocycles. The van der Waals surface area contributed by atoms with E-state index in [1.807, 2.05) is 30.0 Å². The lowest BCUT2D eigenvalue weighted by Crippen LogP contribution is -2.45. The van der Waals surface area contributed by atoms with E-state index in [9.17, 15) is 14.4 Å². The van der Waals surface area contributed by atoms with Crippen LogP contribution in [0.5, 0.6) is 0 Å². The number of piperidine rings is 1. The number of aryl methyl sites for hydroxylation is 1. The van der Waals surface area contributed by atoms with Gasteiger partial charge in [-0.15, -0.1) is 11.3 Å². The molecule has 0 saturated carbocycles. The van der Waals surface area contributed by atoms with E-state index in [2.05, 4.69) is 16.0 Å². The molecule has 0 aliphatic carbocycles. The summed E-state index contributed by atoms with van der Waals surface area (Å²) in [5.41, 5.74) is 3.06. The average molecular weight is 487 g/mol. The molecule has 2 aromatic carbocycles. The Morgan fingerprint density at radius 3 is 2.80 bits per heavy atom. The summed E-state index contributed by atoms with van der Waals surface area (Å²) in [6, 6.07) is 15.5. The number of likely N-dealkylation sites (tertiary alicyclic amines) is 1. The second-order valence-corrected chi connectivity index (χ2v) is 9.76. The van der Waals surface area contributed by atoms with Crippen LogP contribution < -0.4 is 0 Å². The molecule has 1 aliphatic rings. The van der Waals surface area contributed by atoms with Crippen LogP contribution in [0, 0.1) is 24.1 Å². The summed E-state index contributed by atoms with van der Waals surface area (Å²) in [5.74, 6) is 0.0901. The smallest absolute Gasteiger partial charge is 0.274 e. The van der Waals surface area contributed by atoms with E-state index in [0.717, 1.165) is 40.3 Å². The van der Waals surface area contributed by atoms with E-state index in [4.69, 9.17) is 4.42 Å². The number of amides is 1. The molecule has 1 unspecified atom stereocenters. The summed E-state index contributed by atoms with van der Waals surface area (Å²) in [6.45, 7) is 2.50. The Hall–Kier alpha value is -3.83. The number of oxazole rings is 1. The maximum absolute atomic E-state index is 13.7. The molecule has 0 spiro atoms. The number of aromatic nitrogens is 2. The molecule has 1 amide bonds. The van der Waals surface area contributed by atoms with E-state index >= 15 is 0 Å². The summed E-state index contributed by atoms with van der Waals surface area (Å²) < 4.78 is 19.2. The van der Waals surface area contributed by atoms with Crippen molar-refractivity contribution in [1.29, 1.82) is 5.26 Å². The van der Waals surface area contributed by atoms with E-state index in [0.29, 0.717) is 35.8 Å². The molecule has 6 nitrogen and oxygen atoms in total. The van der Waals surface area contributed by atoms with Gasteiger partial charge in [0.2, 0.25) is 0 Å². The Bertz CT molecular complexity index is 1400. The maximum atomic E-state index is 13.7. The number of hydrogen-bond donors (Lipinski definition) is 0. The van der Waals surface area contributed by atoms with Crippen molar-refractivity contribution < 1.29 is 13.6 Å². The quantitative estimate of drug-likeness (QED) is 0.344. The molecule has 1 aliphatic heterocycles. The number of halogens is 1. The average Bonchev–Trinajstić information content (AvgIpc) is 3.51. The minimum atomic E-state index is -0.318. The molecule has 0 radical (unpaired) electrons. The van der Waals surface area contributed by atoms with Gasteiger partial charge in [0.05, 0.1) is 21.5 Å². The monoisotopic (exact) mass is 486 g/mol. The zero-order valence-electron chi connectivity index (χ0n) is 19.2. The van der Waals surface area contributed by atoms with Gasteiger partial charge in [-0.05, 0) is 49.9 Å². The number of carbonyl (C=O) groups is 1. The van der Waals surface area contributed by atoms with E-state index in [-0.39, 0.29) is 17.8 Å². The van der Waals surface area contributed by atoms with Crippen LogP contribution in [-0.2, 0) is 6.42 Å². The van der Waals surface area contributed by atoms with Gasteiger partial charge in [-0.25, -0.2) is 14.4 Å². The van der Waals surface area contributed by atoms with Crippen molar-refractivity contribution in [1.82, 2.24) is 14.9 Å². The predicted octanol–water partition coefficient (Wildman–Crippen LogP) is 6.02. The lowest BCUT2D eigenvalue weighted by atomic mass is 9.98. The van der Waals surface area contributed by atoms with Gasteiger partial charge < -0.3 is 9.32 Å². The summed E-state index contributed by atoms with van der Waals surface area (Å²) in [6.07, 6.45) is 4.82. The number of nitrogens with zero attached hydrogens (tertiary/aromatic N) is 4. The third-order valence-corrected chi connectivity index (χ3v) is 7.24. The van der Waals surface area contributed by atoms with Crippen LogP contribution in [-0.4, -0.2) is 33.4 Å². The van der Waals surface area contributed by atoms with Gasteiger partial charge in [0, 0.05) is 24.6 Å². The van der Waals surface area contributed by atoms with E-state index in [1.165, 1.54) is 23.5 Å². The molecule has 1 fully saturated rings. The topological polar surface area (TPSA) is 83.0 Å². The fraction of sp³-hybridized carbons (Fsp3) is 0.259. The fourth-order valence-corrected chi connectivity index (χ4v) is 5.43. The van der Waals surface area contributed by atoms with Crippen LogP contribution in [0.3, 0.4) is 0 Å². The zero-order valence-corrected chi connectivity index (χ0v) is 20.0. The number of thiazole rings is 1. The summed E-state index contributed by atoms with van der Waals surface area (Å²) >= 11 is 1.44. The molecule has 5 rings (SSSR count). The normalized spacial score (nSPS) is 15.7. The van der Waals surface area contributed by atoms with Gasteiger partial charge in [-0.2, -0.15) is 5.26 Å². The maximum Gasteiger partial charge on any atom is 0.274 e. The van der Waals surface area contributed by atoms with Crippen molar-refractivity contribution in [3.63, 3.8) is 0 Å². The van der Waals surface area contributed by atoms with Gasteiger partial charge in [0.25, 0.3) is 5.91 Å². The van der Waals surface area contributed by atoms with Gasteiger partial charge in [0.15, 0.2) is 5.89 Å². The fourth-order valence-electron chi connectivity index (χ4n) is 4.52. The SMILES string of the molecule is Cc1nc(C(=O)N2CCCCC2Cc2nc(-c3ccccc3C#N)co2)c(-c2ccc(F)cc2)s1. The van der Waals surface area contributed by atoms with Crippen LogP contribution in [0.25, 0.3) is 21.7 Å². The second-order valence-electron chi connectivity index (χ2n) is 8.55. The lowest BCUT2D eigenvalue weighted by molar-refractivity contribution is 0.0601. The Balaban J connectivity index is 1.40. The summed E-state index contributed by atoms with van der Waals surface area (Å²) in [5, 5.41) is 10.2. The molecule has 4 aromatic rings. The largest absolute Gasteiger partial charge is 0.448 e. The Morgan fingerprint density at radius 1 is 1.20 bits per heavy atom. The molecule has 176 valence electrons. The second kappa shape index (κ2) is 9.80. The van der Waals surface area contributed by atoms with Crippen molar-refractivity contribution in [2.75, 3.05) is 6.54 Å². The third kappa shape index (κ3) is 4.73. The molecule has 1 atom stereocenters. The van der Waals surface area contributed by atoms with Gasteiger partial charge in [-0.1, -0.05) is 30.3 Å². The highest BCUT2D eigenvalue weighted by molar-refractivity contribution is 7.15. The Kier molecular flexibility index (Phi) is 6.43. The molecule has 35 heavy (non-hydrogen) atoms. The molecule has 0 N–H and O–H groups in total. The summed E-state index contributed by atoms with van der Waals surface area (Å²) in [4.78, 5) is 25.5. The standard InChI is InChI=1S/C27H23FN4O2S/c1-17-30-25(26(35-17)18-9-11-20(28)12-10-18)27(33)32-13-5-4-7-21(32)14-24-31-23(16-34-24)22-8-3-2-6-19(22)15-29/h2-3,6,8-12,16,21H,4-5,7,13-14H2,1H3. The molecular weight excluding hydrogens is 463 g/mol. The first-order valence-corrected chi connectivity index (χ1v) is 12.3. The van der Waals surface area contributed by atoms with Crippen molar-refractivity contribution in [3.8, 4) is 27.8 Å². The lowest BCUT2D eigenvalue weighted by Gasteiger charge is -2.35. The number of benzene rings is 2. The first-order chi connectivity index (χ1) is 17.0. The highest BCUT2D eigenvalue weighted by Crippen LogP contribution is 2.33. The van der Waals surface area contributed by atoms with E-state index in [1.54, 1.807) is 24.5 Å². The van der Waals surface area contributed by atoms with Crippen LogP contribution in [0.4, 0.5) is 4.39 Å². The van der Waals surface area contributed by atoms with Gasteiger partial charge >= 0.3 is 0 Å². The molecule has 3 heterocycles. The van der Waals surface area contributed by atoms with Crippen molar-refractivity contribution in [2.45, 2.75) is 38.6 Å².